The van der Waals surface area contributed by atoms with Crippen molar-refractivity contribution in [3.8, 4) is 0 Å². The van der Waals surface area contributed by atoms with E-state index in [1.165, 1.54) is 5.56 Å². The average molecular weight is 149 g/mol. The lowest BCUT2D eigenvalue weighted by Crippen LogP contribution is -2.19. The minimum absolute atomic E-state index is 0.194. The molecule has 0 bridgehead atoms. The maximum Gasteiger partial charge on any atom is 0.253 e. The first-order valence-corrected chi connectivity index (χ1v) is 3.96. The van der Waals surface area contributed by atoms with Gasteiger partial charge in [0, 0.05) is 18.8 Å². The van der Waals surface area contributed by atoms with Gasteiger partial charge in [-0.1, -0.05) is 0 Å². The second-order valence-electron chi connectivity index (χ2n) is 3.09. The SMILES string of the molecule is Cn1ccc2c(c1=O)CCC2. The molecule has 0 spiro atoms. The van der Waals surface area contributed by atoms with Crippen molar-refractivity contribution >= 4 is 0 Å². The van der Waals surface area contributed by atoms with Gasteiger partial charge >= 0.3 is 0 Å². The van der Waals surface area contributed by atoms with Crippen molar-refractivity contribution in [2.45, 2.75) is 19.3 Å². The fraction of sp³-hybridized carbons (Fsp3) is 0.444. The molecule has 1 aromatic heterocycles. The van der Waals surface area contributed by atoms with Crippen LogP contribution in [0.2, 0.25) is 0 Å². The van der Waals surface area contributed by atoms with Crippen molar-refractivity contribution in [2.24, 2.45) is 7.05 Å². The highest BCUT2D eigenvalue weighted by Gasteiger charge is 2.13. The lowest BCUT2D eigenvalue weighted by atomic mass is 10.2. The van der Waals surface area contributed by atoms with Gasteiger partial charge in [0.25, 0.3) is 5.56 Å². The summed E-state index contributed by atoms with van der Waals surface area (Å²) in [5, 5.41) is 0. The Morgan fingerprint density at radius 2 is 2.27 bits per heavy atom. The highest BCUT2D eigenvalue weighted by atomic mass is 16.1. The Kier molecular flexibility index (Phi) is 1.34. The van der Waals surface area contributed by atoms with Crippen molar-refractivity contribution in [3.63, 3.8) is 0 Å². The minimum atomic E-state index is 0.194. The first-order chi connectivity index (χ1) is 5.29. The van der Waals surface area contributed by atoms with Crippen molar-refractivity contribution < 1.29 is 0 Å². The normalized spacial score (nSPS) is 15.0. The molecular formula is C9H11NO. The van der Waals surface area contributed by atoms with Crippen LogP contribution in [0.3, 0.4) is 0 Å². The highest BCUT2D eigenvalue weighted by Crippen LogP contribution is 2.16. The van der Waals surface area contributed by atoms with E-state index >= 15 is 0 Å². The van der Waals surface area contributed by atoms with Crippen molar-refractivity contribution in [3.05, 3.63) is 33.7 Å². The third-order valence-electron chi connectivity index (χ3n) is 2.34. The van der Waals surface area contributed by atoms with Gasteiger partial charge in [-0.3, -0.25) is 4.79 Å². The van der Waals surface area contributed by atoms with Crippen LogP contribution < -0.4 is 5.56 Å². The van der Waals surface area contributed by atoms with E-state index in [0.717, 1.165) is 24.8 Å². The van der Waals surface area contributed by atoms with E-state index in [9.17, 15) is 4.79 Å². The predicted molar refractivity (Wildman–Crippen MR) is 43.7 cm³/mol. The van der Waals surface area contributed by atoms with Crippen LogP contribution in [0.25, 0.3) is 0 Å². The van der Waals surface area contributed by atoms with Gasteiger partial charge in [-0.05, 0) is 30.9 Å². The van der Waals surface area contributed by atoms with Gasteiger partial charge in [0.15, 0.2) is 0 Å². The molecule has 1 aliphatic rings. The molecule has 0 N–H and O–H groups in total. The molecule has 11 heavy (non-hydrogen) atoms. The van der Waals surface area contributed by atoms with E-state index in [2.05, 4.69) is 6.07 Å². The van der Waals surface area contributed by atoms with Crippen LogP contribution in [-0.2, 0) is 19.9 Å². The van der Waals surface area contributed by atoms with Crippen LogP contribution in [0.1, 0.15) is 17.5 Å². The van der Waals surface area contributed by atoms with E-state index in [1.807, 2.05) is 6.20 Å². The first kappa shape index (κ1) is 6.65. The molecule has 0 fully saturated rings. The highest BCUT2D eigenvalue weighted by molar-refractivity contribution is 5.28. The maximum atomic E-state index is 11.4. The number of pyridine rings is 1. The number of rotatable bonds is 0. The van der Waals surface area contributed by atoms with Gasteiger partial charge < -0.3 is 4.57 Å². The van der Waals surface area contributed by atoms with Gasteiger partial charge in [0.05, 0.1) is 0 Å². The minimum Gasteiger partial charge on any atom is -0.318 e. The van der Waals surface area contributed by atoms with Crippen LogP contribution in [0.4, 0.5) is 0 Å². The molecule has 0 radical (unpaired) electrons. The average Bonchev–Trinajstić information content (AvgIpc) is 2.45. The van der Waals surface area contributed by atoms with Crippen LogP contribution in [0, 0.1) is 0 Å². The summed E-state index contributed by atoms with van der Waals surface area (Å²) in [7, 11) is 1.81. The van der Waals surface area contributed by atoms with Gasteiger partial charge in [0.1, 0.15) is 0 Å². The zero-order valence-electron chi connectivity index (χ0n) is 6.63. The summed E-state index contributed by atoms with van der Waals surface area (Å²) in [5.41, 5.74) is 2.49. The number of aromatic nitrogens is 1. The molecule has 1 heterocycles. The molecule has 0 atom stereocenters. The van der Waals surface area contributed by atoms with E-state index in [-0.39, 0.29) is 5.56 Å². The van der Waals surface area contributed by atoms with E-state index in [0.29, 0.717) is 0 Å². The Morgan fingerprint density at radius 3 is 3.09 bits per heavy atom. The summed E-state index contributed by atoms with van der Waals surface area (Å²) < 4.78 is 1.66. The van der Waals surface area contributed by atoms with Crippen molar-refractivity contribution in [1.29, 1.82) is 0 Å². The molecule has 0 aliphatic heterocycles. The van der Waals surface area contributed by atoms with Gasteiger partial charge in [-0.2, -0.15) is 0 Å². The lowest BCUT2D eigenvalue weighted by Gasteiger charge is -2.00. The Balaban J connectivity index is 2.72. The Morgan fingerprint density at radius 1 is 1.45 bits per heavy atom. The van der Waals surface area contributed by atoms with Gasteiger partial charge in [-0.25, -0.2) is 0 Å². The summed E-state index contributed by atoms with van der Waals surface area (Å²) in [6.07, 6.45) is 5.06. The molecule has 1 aliphatic carbocycles. The molecule has 0 unspecified atom stereocenters. The zero-order chi connectivity index (χ0) is 7.84. The molecule has 0 aromatic carbocycles. The number of nitrogens with zero attached hydrogens (tertiary/aromatic N) is 1. The summed E-state index contributed by atoms with van der Waals surface area (Å²) in [6, 6.07) is 2.06. The molecule has 58 valence electrons. The standard InChI is InChI=1S/C9H11NO/c1-10-6-5-7-3-2-4-8(7)9(10)11/h5-6H,2-4H2,1H3. The number of fused-ring (bicyclic) bond motifs is 1. The maximum absolute atomic E-state index is 11.4. The lowest BCUT2D eigenvalue weighted by molar-refractivity contribution is 0.835. The number of hydrogen-bond acceptors (Lipinski definition) is 1. The Labute approximate surface area is 65.5 Å². The van der Waals surface area contributed by atoms with Gasteiger partial charge in [-0.15, -0.1) is 0 Å². The molecule has 2 rings (SSSR count). The fourth-order valence-electron chi connectivity index (χ4n) is 1.68. The third-order valence-corrected chi connectivity index (χ3v) is 2.34. The molecule has 1 aromatic rings. The smallest absolute Gasteiger partial charge is 0.253 e. The number of aryl methyl sites for hydroxylation is 2. The Bertz CT molecular complexity index is 338. The van der Waals surface area contributed by atoms with E-state index in [4.69, 9.17) is 0 Å². The zero-order valence-corrected chi connectivity index (χ0v) is 6.63. The predicted octanol–water partition coefficient (Wildman–Crippen LogP) is 0.874. The molecule has 0 saturated heterocycles. The monoisotopic (exact) mass is 149 g/mol. The number of hydrogen-bond donors (Lipinski definition) is 0. The molecule has 2 heteroatoms. The van der Waals surface area contributed by atoms with Gasteiger partial charge in [0.2, 0.25) is 0 Å². The van der Waals surface area contributed by atoms with E-state index < -0.39 is 0 Å². The summed E-state index contributed by atoms with van der Waals surface area (Å²) in [6.45, 7) is 0. The fourth-order valence-corrected chi connectivity index (χ4v) is 1.68. The summed E-state index contributed by atoms with van der Waals surface area (Å²) in [5.74, 6) is 0. The first-order valence-electron chi connectivity index (χ1n) is 3.96. The summed E-state index contributed by atoms with van der Waals surface area (Å²) >= 11 is 0. The quantitative estimate of drug-likeness (QED) is 0.536. The molecule has 2 nitrogen and oxygen atoms in total. The second-order valence-corrected chi connectivity index (χ2v) is 3.09. The molecule has 0 amide bonds. The largest absolute Gasteiger partial charge is 0.318 e. The van der Waals surface area contributed by atoms with Crippen molar-refractivity contribution in [2.75, 3.05) is 0 Å². The van der Waals surface area contributed by atoms with E-state index in [1.54, 1.807) is 11.6 Å². The topological polar surface area (TPSA) is 22.0 Å². The van der Waals surface area contributed by atoms with Crippen LogP contribution in [0.5, 0.6) is 0 Å². The second kappa shape index (κ2) is 2.22. The molecular weight excluding hydrogens is 138 g/mol. The van der Waals surface area contributed by atoms with Crippen LogP contribution >= 0.6 is 0 Å². The summed E-state index contributed by atoms with van der Waals surface area (Å²) in [4.78, 5) is 11.4. The molecule has 0 saturated carbocycles. The van der Waals surface area contributed by atoms with Crippen LogP contribution in [0.15, 0.2) is 17.1 Å². The van der Waals surface area contributed by atoms with Crippen LogP contribution in [-0.4, -0.2) is 4.57 Å². The third kappa shape index (κ3) is 0.897. The van der Waals surface area contributed by atoms with Crippen molar-refractivity contribution in [1.82, 2.24) is 4.57 Å². The Hall–Kier alpha value is -1.05.